The Morgan fingerprint density at radius 3 is 2.76 bits per heavy atom. The smallest absolute Gasteiger partial charge is 0.333 e. The van der Waals surface area contributed by atoms with Gasteiger partial charge in [0, 0.05) is 20.2 Å². The largest absolute Gasteiger partial charge is 0.396 e. The van der Waals surface area contributed by atoms with Gasteiger partial charge >= 0.3 is 5.69 Å². The molecule has 0 bridgehead atoms. The molecule has 0 spiro atoms. The molecule has 0 fully saturated rings. The van der Waals surface area contributed by atoms with Crippen molar-refractivity contribution in [3.8, 4) is 0 Å². The lowest BCUT2D eigenvalue weighted by Crippen LogP contribution is -2.16. The summed E-state index contributed by atoms with van der Waals surface area (Å²) in [7, 11) is 1.66. The predicted octanol–water partition coefficient (Wildman–Crippen LogP) is 0.931. The summed E-state index contributed by atoms with van der Waals surface area (Å²) in [4.78, 5) is 10.6. The van der Waals surface area contributed by atoms with Crippen molar-refractivity contribution in [2.75, 3.05) is 18.5 Å². The van der Waals surface area contributed by atoms with E-state index in [9.17, 15) is 10.1 Å². The Bertz CT molecular complexity index is 403. The van der Waals surface area contributed by atoms with Crippen molar-refractivity contribution in [3.63, 3.8) is 0 Å². The fourth-order valence-electron chi connectivity index (χ4n) is 1.53. The zero-order chi connectivity index (χ0) is 13.0. The molecule has 0 amide bonds. The number of hydrogen-bond donors (Lipinski definition) is 2. The van der Waals surface area contributed by atoms with E-state index in [1.165, 1.54) is 4.68 Å². The van der Waals surface area contributed by atoms with Crippen molar-refractivity contribution >= 4 is 11.5 Å². The molecule has 0 aliphatic heterocycles. The third-order valence-electron chi connectivity index (χ3n) is 2.54. The molecule has 0 aliphatic rings. The average molecular weight is 242 g/mol. The van der Waals surface area contributed by atoms with Gasteiger partial charge in [0.15, 0.2) is 0 Å². The highest BCUT2D eigenvalue weighted by Gasteiger charge is 2.25. The van der Waals surface area contributed by atoms with Gasteiger partial charge in [-0.2, -0.15) is 5.10 Å². The number of rotatable bonds is 6. The topological polar surface area (TPSA) is 93.2 Å². The lowest BCUT2D eigenvalue weighted by molar-refractivity contribution is -0.384. The Hall–Kier alpha value is -1.63. The highest BCUT2D eigenvalue weighted by Crippen LogP contribution is 2.28. The van der Waals surface area contributed by atoms with Crippen LogP contribution in [-0.4, -0.2) is 33.0 Å². The molecule has 2 N–H and O–H groups in total. The normalized spacial score (nSPS) is 12.5. The summed E-state index contributed by atoms with van der Waals surface area (Å²) in [5, 5.41) is 27.0. The maximum Gasteiger partial charge on any atom is 0.333 e. The molecule has 7 heteroatoms. The fourth-order valence-corrected chi connectivity index (χ4v) is 1.53. The molecule has 1 aromatic rings. The van der Waals surface area contributed by atoms with E-state index in [0.29, 0.717) is 24.5 Å². The van der Waals surface area contributed by atoms with Crippen LogP contribution in [0.1, 0.15) is 19.5 Å². The zero-order valence-electron chi connectivity index (χ0n) is 10.3. The second-order valence-corrected chi connectivity index (χ2v) is 4.05. The van der Waals surface area contributed by atoms with Crippen LogP contribution in [0.2, 0.25) is 0 Å². The number of anilines is 1. The summed E-state index contributed by atoms with van der Waals surface area (Å²) in [5.74, 6) is 0.432. The molecule has 7 nitrogen and oxygen atoms in total. The molecule has 1 heterocycles. The lowest BCUT2D eigenvalue weighted by atomic mass is 10.2. The lowest BCUT2D eigenvalue weighted by Gasteiger charge is -2.10. The van der Waals surface area contributed by atoms with Crippen LogP contribution in [0, 0.1) is 16.0 Å². The van der Waals surface area contributed by atoms with Gasteiger partial charge in [-0.25, -0.2) is 4.68 Å². The third kappa shape index (κ3) is 2.94. The molecule has 1 aromatic heterocycles. The molecular weight excluding hydrogens is 224 g/mol. The van der Waals surface area contributed by atoms with Gasteiger partial charge in [-0.05, 0) is 12.3 Å². The van der Waals surface area contributed by atoms with Crippen LogP contribution >= 0.6 is 0 Å². The first kappa shape index (κ1) is 13.4. The monoisotopic (exact) mass is 242 g/mol. The minimum atomic E-state index is -0.419. The highest BCUT2D eigenvalue weighted by atomic mass is 16.6. The molecule has 0 saturated heterocycles. The van der Waals surface area contributed by atoms with Crippen molar-refractivity contribution in [2.24, 2.45) is 13.0 Å². The molecule has 1 rings (SSSR count). The minimum absolute atomic E-state index is 0.0279. The third-order valence-corrected chi connectivity index (χ3v) is 2.54. The number of nitro groups is 1. The number of nitrogens with zero attached hydrogens (tertiary/aromatic N) is 3. The predicted molar refractivity (Wildman–Crippen MR) is 64.0 cm³/mol. The first-order valence-electron chi connectivity index (χ1n) is 5.56. The van der Waals surface area contributed by atoms with Crippen LogP contribution in [0.4, 0.5) is 11.5 Å². The maximum atomic E-state index is 11.0. The number of aryl methyl sites for hydroxylation is 2. The van der Waals surface area contributed by atoms with E-state index < -0.39 is 4.92 Å². The fraction of sp³-hybridized carbons (Fsp3) is 0.700. The molecule has 1 unspecified atom stereocenters. The van der Waals surface area contributed by atoms with Crippen LogP contribution in [0.15, 0.2) is 0 Å². The van der Waals surface area contributed by atoms with Crippen molar-refractivity contribution in [2.45, 2.75) is 20.3 Å². The number of aromatic nitrogens is 2. The van der Waals surface area contributed by atoms with Crippen LogP contribution in [0.3, 0.4) is 0 Å². The van der Waals surface area contributed by atoms with Gasteiger partial charge in [-0.3, -0.25) is 10.1 Å². The SMILES string of the molecule is CCc1nn(C)c(NCC(C)CO)c1[N+](=O)[O-]. The van der Waals surface area contributed by atoms with E-state index in [2.05, 4.69) is 10.4 Å². The number of aliphatic hydroxyl groups is 1. The van der Waals surface area contributed by atoms with Gasteiger partial charge in [0.25, 0.3) is 0 Å². The Morgan fingerprint density at radius 2 is 2.29 bits per heavy atom. The van der Waals surface area contributed by atoms with E-state index >= 15 is 0 Å². The molecule has 0 saturated carbocycles. The summed E-state index contributed by atoms with van der Waals surface area (Å²) < 4.78 is 1.47. The first-order chi connectivity index (χ1) is 8.01. The Kier molecular flexibility index (Phi) is 4.45. The standard InChI is InChI=1S/C10H18N4O3/c1-4-8-9(14(16)17)10(13(3)12-8)11-5-7(2)6-15/h7,11,15H,4-6H2,1-3H3. The summed E-state index contributed by atoms with van der Waals surface area (Å²) in [6.45, 7) is 4.20. The minimum Gasteiger partial charge on any atom is -0.396 e. The molecule has 17 heavy (non-hydrogen) atoms. The van der Waals surface area contributed by atoms with E-state index in [4.69, 9.17) is 5.11 Å². The summed E-state index contributed by atoms with van der Waals surface area (Å²) in [6, 6.07) is 0. The summed E-state index contributed by atoms with van der Waals surface area (Å²) in [6.07, 6.45) is 0.515. The van der Waals surface area contributed by atoms with Gasteiger partial charge in [-0.15, -0.1) is 0 Å². The Labute approximate surface area is 99.6 Å². The van der Waals surface area contributed by atoms with Crippen molar-refractivity contribution < 1.29 is 10.0 Å². The van der Waals surface area contributed by atoms with Gasteiger partial charge in [0.2, 0.25) is 5.82 Å². The number of aliphatic hydroxyl groups excluding tert-OH is 1. The molecule has 0 radical (unpaired) electrons. The average Bonchev–Trinajstić information content (AvgIpc) is 2.62. The van der Waals surface area contributed by atoms with Gasteiger partial charge < -0.3 is 10.4 Å². The van der Waals surface area contributed by atoms with E-state index in [1.807, 2.05) is 13.8 Å². The van der Waals surface area contributed by atoms with Gasteiger partial charge in [0.05, 0.1) is 4.92 Å². The molecule has 96 valence electrons. The molecule has 1 atom stereocenters. The quantitative estimate of drug-likeness (QED) is 0.571. The number of nitrogens with one attached hydrogen (secondary N) is 1. The maximum absolute atomic E-state index is 11.0. The van der Waals surface area contributed by atoms with E-state index in [0.717, 1.165) is 0 Å². The first-order valence-corrected chi connectivity index (χ1v) is 5.56. The van der Waals surface area contributed by atoms with Crippen LogP contribution in [0.5, 0.6) is 0 Å². The zero-order valence-corrected chi connectivity index (χ0v) is 10.3. The summed E-state index contributed by atoms with van der Waals surface area (Å²) in [5.41, 5.74) is 0.497. The highest BCUT2D eigenvalue weighted by molar-refractivity contribution is 5.59. The van der Waals surface area contributed by atoms with Gasteiger partial charge in [-0.1, -0.05) is 13.8 Å². The molecule has 0 aromatic carbocycles. The second kappa shape index (κ2) is 5.62. The molecular formula is C10H18N4O3. The Balaban J connectivity index is 2.97. The Morgan fingerprint density at radius 1 is 1.65 bits per heavy atom. The van der Waals surface area contributed by atoms with Crippen LogP contribution in [0.25, 0.3) is 0 Å². The van der Waals surface area contributed by atoms with Crippen molar-refractivity contribution in [1.82, 2.24) is 9.78 Å². The van der Waals surface area contributed by atoms with E-state index in [1.54, 1.807) is 7.05 Å². The second-order valence-electron chi connectivity index (χ2n) is 4.05. The van der Waals surface area contributed by atoms with Crippen LogP contribution in [-0.2, 0) is 13.5 Å². The molecule has 0 aliphatic carbocycles. The summed E-state index contributed by atoms with van der Waals surface area (Å²) >= 11 is 0. The van der Waals surface area contributed by atoms with E-state index in [-0.39, 0.29) is 18.2 Å². The van der Waals surface area contributed by atoms with Crippen molar-refractivity contribution in [1.29, 1.82) is 0 Å². The van der Waals surface area contributed by atoms with Crippen LogP contribution < -0.4 is 5.32 Å². The number of hydrogen-bond acceptors (Lipinski definition) is 5. The van der Waals surface area contributed by atoms with Crippen molar-refractivity contribution in [3.05, 3.63) is 15.8 Å². The van der Waals surface area contributed by atoms with Gasteiger partial charge in [0.1, 0.15) is 5.69 Å².